The van der Waals surface area contributed by atoms with Gasteiger partial charge < -0.3 is 15.3 Å². The number of carboxylic acids is 1. The number of amides is 2. The zero-order valence-corrected chi connectivity index (χ0v) is 12.2. The summed E-state index contributed by atoms with van der Waals surface area (Å²) in [5.41, 5.74) is 0. The molecule has 0 heterocycles. The Labute approximate surface area is 115 Å². The summed E-state index contributed by atoms with van der Waals surface area (Å²) in [4.78, 5) is 24.2. The number of aliphatic carboxylic acids is 1. The molecule has 0 spiro atoms. The number of nitrogens with one attached hydrogen (secondary N) is 1. The molecular weight excluding hydrogens is 244 g/mol. The van der Waals surface area contributed by atoms with Crippen LogP contribution >= 0.6 is 0 Å². The van der Waals surface area contributed by atoms with Crippen molar-refractivity contribution in [3.05, 3.63) is 0 Å². The molecule has 0 aromatic rings. The van der Waals surface area contributed by atoms with E-state index in [1.807, 2.05) is 6.92 Å². The second-order valence-corrected chi connectivity index (χ2v) is 5.73. The summed E-state index contributed by atoms with van der Waals surface area (Å²) in [5.74, 6) is 0.353. The molecule has 3 atom stereocenters. The van der Waals surface area contributed by atoms with Crippen molar-refractivity contribution in [2.24, 2.45) is 11.8 Å². The summed E-state index contributed by atoms with van der Waals surface area (Å²) in [5, 5.41) is 11.8. The first-order chi connectivity index (χ1) is 8.93. The second-order valence-electron chi connectivity index (χ2n) is 5.73. The van der Waals surface area contributed by atoms with E-state index in [1.165, 1.54) is 4.90 Å². The molecule has 5 heteroatoms. The van der Waals surface area contributed by atoms with Crippen molar-refractivity contribution in [2.45, 2.75) is 52.5 Å². The average molecular weight is 270 g/mol. The third kappa shape index (κ3) is 5.09. The zero-order valence-electron chi connectivity index (χ0n) is 12.2. The molecule has 0 aromatic carbocycles. The highest BCUT2D eigenvalue weighted by Gasteiger charge is 2.27. The number of urea groups is 1. The fourth-order valence-electron chi connectivity index (χ4n) is 2.63. The maximum Gasteiger partial charge on any atom is 0.323 e. The summed E-state index contributed by atoms with van der Waals surface area (Å²) < 4.78 is 0. The summed E-state index contributed by atoms with van der Waals surface area (Å²) in [6.07, 6.45) is 3.86. The van der Waals surface area contributed by atoms with Crippen molar-refractivity contribution in [1.29, 1.82) is 0 Å². The van der Waals surface area contributed by atoms with Crippen LogP contribution in [-0.4, -0.2) is 41.1 Å². The van der Waals surface area contributed by atoms with Crippen molar-refractivity contribution in [1.82, 2.24) is 10.2 Å². The lowest BCUT2D eigenvalue weighted by Gasteiger charge is -2.33. The van der Waals surface area contributed by atoms with E-state index >= 15 is 0 Å². The summed E-state index contributed by atoms with van der Waals surface area (Å²) >= 11 is 0. The molecule has 19 heavy (non-hydrogen) atoms. The minimum Gasteiger partial charge on any atom is -0.480 e. The van der Waals surface area contributed by atoms with Crippen LogP contribution in [0.1, 0.15) is 46.5 Å². The number of hydrogen-bond donors (Lipinski definition) is 2. The first-order valence-corrected chi connectivity index (χ1v) is 7.21. The van der Waals surface area contributed by atoms with Gasteiger partial charge in [-0.2, -0.15) is 0 Å². The van der Waals surface area contributed by atoms with E-state index in [9.17, 15) is 9.59 Å². The van der Waals surface area contributed by atoms with Crippen LogP contribution in [0.3, 0.4) is 0 Å². The highest BCUT2D eigenvalue weighted by Crippen LogP contribution is 2.29. The largest absolute Gasteiger partial charge is 0.480 e. The van der Waals surface area contributed by atoms with E-state index in [4.69, 9.17) is 5.11 Å². The maximum atomic E-state index is 12.1. The molecule has 0 saturated heterocycles. The molecule has 1 rings (SSSR count). The van der Waals surface area contributed by atoms with Gasteiger partial charge in [0.2, 0.25) is 0 Å². The molecule has 2 N–H and O–H groups in total. The molecule has 0 bridgehead atoms. The van der Waals surface area contributed by atoms with Crippen LogP contribution in [0.2, 0.25) is 0 Å². The smallest absolute Gasteiger partial charge is 0.323 e. The first kappa shape index (κ1) is 15.8. The van der Waals surface area contributed by atoms with Crippen LogP contribution in [0.25, 0.3) is 0 Å². The predicted molar refractivity (Wildman–Crippen MR) is 74.0 cm³/mol. The van der Waals surface area contributed by atoms with E-state index in [0.717, 1.165) is 25.7 Å². The lowest BCUT2D eigenvalue weighted by atomic mass is 9.79. The summed E-state index contributed by atoms with van der Waals surface area (Å²) in [6.45, 7) is 6.65. The van der Waals surface area contributed by atoms with Gasteiger partial charge in [0, 0.05) is 12.6 Å². The molecule has 2 amide bonds. The number of hydrogen-bond acceptors (Lipinski definition) is 2. The van der Waals surface area contributed by atoms with Gasteiger partial charge in [-0.05, 0) is 37.5 Å². The Hall–Kier alpha value is -1.26. The normalized spacial score (nSPS) is 26.8. The third-order valence-corrected chi connectivity index (χ3v) is 4.03. The van der Waals surface area contributed by atoms with Crippen LogP contribution in [0, 0.1) is 11.8 Å². The molecule has 0 radical (unpaired) electrons. The number of rotatable bonds is 5. The average Bonchev–Trinajstić information content (AvgIpc) is 2.33. The van der Waals surface area contributed by atoms with Gasteiger partial charge >= 0.3 is 12.0 Å². The standard InChI is InChI=1S/C14H26N2O3/c1-4-7-16(9-13(17)18)14(19)15-12-6-5-10(2)11(3)8-12/h10-12H,4-9H2,1-3H3,(H,15,19)(H,17,18). The van der Waals surface area contributed by atoms with E-state index in [0.29, 0.717) is 18.4 Å². The van der Waals surface area contributed by atoms with Crippen molar-refractivity contribution in [2.75, 3.05) is 13.1 Å². The van der Waals surface area contributed by atoms with Crippen molar-refractivity contribution < 1.29 is 14.7 Å². The van der Waals surface area contributed by atoms with Crippen LogP contribution in [0.5, 0.6) is 0 Å². The Kier molecular flexibility index (Phi) is 6.12. The number of nitrogens with zero attached hydrogens (tertiary/aromatic N) is 1. The van der Waals surface area contributed by atoms with Gasteiger partial charge in [0.05, 0.1) is 0 Å². The number of carbonyl (C=O) groups is 2. The molecule has 1 fully saturated rings. The number of carbonyl (C=O) groups excluding carboxylic acids is 1. The topological polar surface area (TPSA) is 69.6 Å². The fraction of sp³-hybridized carbons (Fsp3) is 0.857. The van der Waals surface area contributed by atoms with Gasteiger partial charge in [0.1, 0.15) is 6.54 Å². The molecule has 1 aliphatic rings. The van der Waals surface area contributed by atoms with Crippen LogP contribution < -0.4 is 5.32 Å². The van der Waals surface area contributed by atoms with Gasteiger partial charge in [0.25, 0.3) is 0 Å². The Morgan fingerprint density at radius 3 is 2.47 bits per heavy atom. The predicted octanol–water partition coefficient (Wildman–Crippen LogP) is 2.32. The van der Waals surface area contributed by atoms with Gasteiger partial charge in [-0.1, -0.05) is 20.8 Å². The Morgan fingerprint density at radius 2 is 1.95 bits per heavy atom. The Morgan fingerprint density at radius 1 is 1.26 bits per heavy atom. The molecule has 3 unspecified atom stereocenters. The summed E-state index contributed by atoms with van der Waals surface area (Å²) in [7, 11) is 0. The molecule has 0 aliphatic heterocycles. The third-order valence-electron chi connectivity index (χ3n) is 4.03. The molecule has 110 valence electrons. The van der Waals surface area contributed by atoms with Gasteiger partial charge in [0.15, 0.2) is 0 Å². The van der Waals surface area contributed by atoms with Crippen LogP contribution in [0.4, 0.5) is 4.79 Å². The Balaban J connectivity index is 2.49. The van der Waals surface area contributed by atoms with E-state index < -0.39 is 5.97 Å². The van der Waals surface area contributed by atoms with E-state index in [1.54, 1.807) is 0 Å². The first-order valence-electron chi connectivity index (χ1n) is 7.21. The van der Waals surface area contributed by atoms with Crippen molar-refractivity contribution in [3.8, 4) is 0 Å². The van der Waals surface area contributed by atoms with Gasteiger partial charge in [-0.3, -0.25) is 4.79 Å². The van der Waals surface area contributed by atoms with Crippen molar-refractivity contribution in [3.63, 3.8) is 0 Å². The summed E-state index contributed by atoms with van der Waals surface area (Å²) in [6, 6.07) is -0.0529. The SMILES string of the molecule is CCCN(CC(=O)O)C(=O)NC1CCC(C)C(C)C1. The quantitative estimate of drug-likeness (QED) is 0.805. The van der Waals surface area contributed by atoms with E-state index in [2.05, 4.69) is 19.2 Å². The van der Waals surface area contributed by atoms with Crippen LogP contribution in [0.15, 0.2) is 0 Å². The lowest BCUT2D eigenvalue weighted by molar-refractivity contribution is -0.137. The molecule has 1 aliphatic carbocycles. The molecule has 1 saturated carbocycles. The van der Waals surface area contributed by atoms with Gasteiger partial charge in [-0.25, -0.2) is 4.79 Å². The maximum absolute atomic E-state index is 12.1. The van der Waals surface area contributed by atoms with Gasteiger partial charge in [-0.15, -0.1) is 0 Å². The zero-order chi connectivity index (χ0) is 14.4. The minimum atomic E-state index is -0.964. The highest BCUT2D eigenvalue weighted by molar-refractivity contribution is 5.80. The molecule has 0 aromatic heterocycles. The Bertz CT molecular complexity index is 320. The second kappa shape index (κ2) is 7.36. The molecular formula is C14H26N2O3. The monoisotopic (exact) mass is 270 g/mol. The van der Waals surface area contributed by atoms with Crippen LogP contribution in [-0.2, 0) is 4.79 Å². The highest BCUT2D eigenvalue weighted by atomic mass is 16.4. The fourth-order valence-corrected chi connectivity index (χ4v) is 2.63. The van der Waals surface area contributed by atoms with E-state index in [-0.39, 0.29) is 18.6 Å². The number of carboxylic acid groups (broad SMARTS) is 1. The lowest BCUT2D eigenvalue weighted by Crippen LogP contribution is -2.48. The minimum absolute atomic E-state index is 0.187. The molecule has 5 nitrogen and oxygen atoms in total. The van der Waals surface area contributed by atoms with Crippen molar-refractivity contribution >= 4 is 12.0 Å².